The van der Waals surface area contributed by atoms with Gasteiger partial charge in [-0.15, -0.1) is 0 Å². The van der Waals surface area contributed by atoms with Crippen molar-refractivity contribution in [3.05, 3.63) is 102 Å². The Morgan fingerprint density at radius 2 is 1.41 bits per heavy atom. The molecule has 3 aromatic carbocycles. The molecule has 0 amide bonds. The van der Waals surface area contributed by atoms with E-state index in [9.17, 15) is 15.3 Å². The summed E-state index contributed by atoms with van der Waals surface area (Å²) in [7, 11) is 0. The molecule has 0 aliphatic rings. The minimum atomic E-state index is -0.0247. The first-order valence-electron chi connectivity index (χ1n) is 12.4. The molecule has 5 aromatic rings. The second-order valence-corrected chi connectivity index (χ2v) is 9.09. The number of nitrogens with zero attached hydrogens (tertiary/aromatic N) is 2. The van der Waals surface area contributed by atoms with Crippen LogP contribution in [-0.2, 0) is 6.42 Å². The number of benzene rings is 3. The molecule has 186 valence electrons. The Kier molecular flexibility index (Phi) is 6.90. The van der Waals surface area contributed by atoms with Gasteiger partial charge in [-0.25, -0.2) is 9.97 Å². The van der Waals surface area contributed by atoms with Crippen molar-refractivity contribution in [2.75, 3.05) is 11.9 Å². The number of pyridine rings is 2. The molecule has 0 aliphatic heterocycles. The smallest absolute Gasteiger partial charge is 0.141 e. The Morgan fingerprint density at radius 1 is 0.757 bits per heavy atom. The maximum Gasteiger partial charge on any atom is 0.141 e. The van der Waals surface area contributed by atoms with Crippen molar-refractivity contribution in [1.29, 1.82) is 0 Å². The van der Waals surface area contributed by atoms with E-state index >= 15 is 0 Å². The van der Waals surface area contributed by atoms with Crippen LogP contribution in [0.4, 0.5) is 5.69 Å². The summed E-state index contributed by atoms with van der Waals surface area (Å²) in [6, 6.07) is 24.1. The number of hydrogen-bond acceptors (Lipinski definition) is 6. The summed E-state index contributed by atoms with van der Waals surface area (Å²) in [5.41, 5.74) is 4.44. The summed E-state index contributed by atoms with van der Waals surface area (Å²) in [6.07, 6.45) is 5.20. The fraction of sp³-hybridized carbons (Fsp3) is 0.161. The Balaban J connectivity index is 1.46. The van der Waals surface area contributed by atoms with Crippen molar-refractivity contribution in [2.24, 2.45) is 0 Å². The molecule has 0 saturated heterocycles. The van der Waals surface area contributed by atoms with Gasteiger partial charge < -0.3 is 20.6 Å². The largest absolute Gasteiger partial charge is 0.506 e. The van der Waals surface area contributed by atoms with Gasteiger partial charge in [-0.3, -0.25) is 0 Å². The number of hydrogen-bond donors (Lipinski definition) is 4. The van der Waals surface area contributed by atoms with E-state index in [0.717, 1.165) is 27.7 Å². The summed E-state index contributed by atoms with van der Waals surface area (Å²) in [6.45, 7) is 2.53. The zero-order valence-electron chi connectivity index (χ0n) is 20.6. The van der Waals surface area contributed by atoms with Crippen molar-refractivity contribution in [3.63, 3.8) is 0 Å². The monoisotopic (exact) mass is 491 g/mol. The maximum absolute atomic E-state index is 10.4. The van der Waals surface area contributed by atoms with Crippen LogP contribution in [0.15, 0.2) is 84.9 Å². The zero-order valence-corrected chi connectivity index (χ0v) is 20.6. The first-order chi connectivity index (χ1) is 18.0. The molecule has 2 aromatic heterocycles. The Morgan fingerprint density at radius 3 is 2.14 bits per heavy atom. The number of aromatic hydroxyl groups is 3. The Bertz CT molecular complexity index is 1600. The van der Waals surface area contributed by atoms with Gasteiger partial charge in [0.2, 0.25) is 0 Å². The third kappa shape index (κ3) is 5.19. The van der Waals surface area contributed by atoms with Crippen LogP contribution < -0.4 is 5.32 Å². The molecule has 1 atom stereocenters. The molecule has 0 bridgehead atoms. The predicted molar refractivity (Wildman–Crippen MR) is 149 cm³/mol. The lowest BCUT2D eigenvalue weighted by Gasteiger charge is -2.19. The first kappa shape index (κ1) is 24.1. The number of nitrogens with one attached hydrogen (secondary N) is 1. The lowest BCUT2D eigenvalue weighted by molar-refractivity contribution is 0.476. The van der Waals surface area contributed by atoms with Crippen LogP contribution in [0.25, 0.3) is 27.9 Å². The van der Waals surface area contributed by atoms with Crippen LogP contribution in [-0.4, -0.2) is 31.8 Å². The number of anilines is 1. The normalized spacial score (nSPS) is 12.4. The van der Waals surface area contributed by atoms with E-state index < -0.39 is 0 Å². The lowest BCUT2D eigenvalue weighted by atomic mass is 9.93. The summed E-state index contributed by atoms with van der Waals surface area (Å²) >= 11 is 0. The van der Waals surface area contributed by atoms with E-state index in [2.05, 4.69) is 5.32 Å². The fourth-order valence-corrected chi connectivity index (χ4v) is 4.71. The van der Waals surface area contributed by atoms with Crippen LogP contribution in [0.5, 0.6) is 17.2 Å². The van der Waals surface area contributed by atoms with Gasteiger partial charge in [0.25, 0.3) is 0 Å². The second kappa shape index (κ2) is 10.6. The molecule has 0 aliphatic carbocycles. The third-order valence-corrected chi connectivity index (χ3v) is 6.57. The quantitative estimate of drug-likeness (QED) is 0.179. The van der Waals surface area contributed by atoms with E-state index in [-0.39, 0.29) is 23.2 Å². The molecule has 6 nitrogen and oxygen atoms in total. The van der Waals surface area contributed by atoms with Gasteiger partial charge >= 0.3 is 0 Å². The van der Waals surface area contributed by atoms with Crippen molar-refractivity contribution in [1.82, 2.24) is 9.97 Å². The second-order valence-electron chi connectivity index (χ2n) is 9.09. The maximum atomic E-state index is 10.4. The van der Waals surface area contributed by atoms with Crippen molar-refractivity contribution < 1.29 is 15.3 Å². The fourth-order valence-electron chi connectivity index (χ4n) is 4.71. The van der Waals surface area contributed by atoms with Gasteiger partial charge in [0.05, 0.1) is 5.69 Å². The average molecular weight is 492 g/mol. The van der Waals surface area contributed by atoms with Crippen molar-refractivity contribution in [3.8, 4) is 17.2 Å². The third-order valence-electron chi connectivity index (χ3n) is 6.57. The predicted octanol–water partition coefficient (Wildman–Crippen LogP) is 6.76. The van der Waals surface area contributed by atoms with Crippen LogP contribution >= 0.6 is 0 Å². The van der Waals surface area contributed by atoms with Crippen LogP contribution in [0.2, 0.25) is 0 Å². The number of fused-ring (bicyclic) bond motifs is 2. The molecule has 0 saturated carbocycles. The van der Waals surface area contributed by atoms with Crippen LogP contribution in [0.3, 0.4) is 0 Å². The van der Waals surface area contributed by atoms with E-state index in [1.807, 2.05) is 67.6 Å². The highest BCUT2D eigenvalue weighted by atomic mass is 16.3. The summed E-state index contributed by atoms with van der Waals surface area (Å²) < 4.78 is 0. The number of para-hydroxylation sites is 3. The molecule has 5 rings (SSSR count). The molecule has 2 heterocycles. The lowest BCUT2D eigenvalue weighted by Crippen LogP contribution is -2.13. The number of rotatable bonds is 8. The minimum absolute atomic E-state index is 0.0247. The standard InChI is InChI=1S/C31H29N3O3/c1-2-6-20-7-3-10-26(35)29(20)32-18-17-23(25-16-14-22-9-5-12-28(37)31(22)34-25)19-24-15-13-21-8-4-11-27(36)30(21)33-24/h2-16,23,32,35-37H,17-19H2,1H3/b6-2-. The van der Waals surface area contributed by atoms with E-state index in [0.29, 0.717) is 36.1 Å². The van der Waals surface area contributed by atoms with Gasteiger partial charge in [-0.2, -0.15) is 0 Å². The first-order valence-corrected chi connectivity index (χ1v) is 12.4. The van der Waals surface area contributed by atoms with Gasteiger partial charge in [-0.1, -0.05) is 60.7 Å². The highest BCUT2D eigenvalue weighted by molar-refractivity contribution is 5.85. The summed E-state index contributed by atoms with van der Waals surface area (Å²) in [5, 5.41) is 36.3. The van der Waals surface area contributed by atoms with Gasteiger partial charge in [0.1, 0.15) is 28.3 Å². The topological polar surface area (TPSA) is 98.5 Å². The van der Waals surface area contributed by atoms with Gasteiger partial charge in [-0.05, 0) is 50.1 Å². The number of allylic oxidation sites excluding steroid dienone is 1. The molecule has 1 unspecified atom stereocenters. The molecule has 0 fully saturated rings. The van der Waals surface area contributed by atoms with Crippen LogP contribution in [0.1, 0.15) is 36.2 Å². The van der Waals surface area contributed by atoms with Crippen molar-refractivity contribution >= 4 is 33.6 Å². The molecule has 0 radical (unpaired) electrons. The van der Waals surface area contributed by atoms with E-state index in [4.69, 9.17) is 9.97 Å². The summed E-state index contributed by atoms with van der Waals surface area (Å²) in [5.74, 6) is 0.480. The molecular weight excluding hydrogens is 462 g/mol. The molecule has 4 N–H and O–H groups in total. The highest BCUT2D eigenvalue weighted by Crippen LogP contribution is 2.32. The Hall–Kier alpha value is -4.58. The number of aromatic nitrogens is 2. The summed E-state index contributed by atoms with van der Waals surface area (Å²) in [4.78, 5) is 9.57. The minimum Gasteiger partial charge on any atom is -0.506 e. The Labute approximate surface area is 215 Å². The number of phenols is 3. The van der Waals surface area contributed by atoms with E-state index in [1.165, 1.54) is 0 Å². The van der Waals surface area contributed by atoms with Crippen molar-refractivity contribution in [2.45, 2.75) is 25.7 Å². The van der Waals surface area contributed by atoms with E-state index in [1.54, 1.807) is 30.3 Å². The molecular formula is C31H29N3O3. The van der Waals surface area contributed by atoms with Gasteiger partial charge in [0.15, 0.2) is 0 Å². The average Bonchev–Trinajstić information content (AvgIpc) is 2.90. The van der Waals surface area contributed by atoms with Gasteiger partial charge in [0, 0.05) is 40.2 Å². The highest BCUT2D eigenvalue weighted by Gasteiger charge is 2.18. The molecule has 0 spiro atoms. The number of phenolic OH excluding ortho intramolecular Hbond substituents is 3. The molecule has 37 heavy (non-hydrogen) atoms. The zero-order chi connectivity index (χ0) is 25.8. The SMILES string of the molecule is C/C=C\c1cccc(O)c1NCCC(Cc1ccc2cccc(O)c2n1)c1ccc2cccc(O)c2n1. The molecule has 6 heteroatoms. The van der Waals surface area contributed by atoms with Crippen LogP contribution in [0, 0.1) is 0 Å².